The lowest BCUT2D eigenvalue weighted by Gasteiger charge is -2.32. The van der Waals surface area contributed by atoms with Gasteiger partial charge in [0.2, 0.25) is 5.88 Å². The van der Waals surface area contributed by atoms with Crippen molar-refractivity contribution in [3.05, 3.63) is 41.1 Å². The Morgan fingerprint density at radius 2 is 2.26 bits per heavy atom. The lowest BCUT2D eigenvalue weighted by molar-refractivity contribution is 0.0730. The van der Waals surface area contributed by atoms with Gasteiger partial charge in [-0.1, -0.05) is 0 Å². The van der Waals surface area contributed by atoms with Crippen LogP contribution in [0.15, 0.2) is 18.5 Å². The summed E-state index contributed by atoms with van der Waals surface area (Å²) in [5.41, 5.74) is 2.52. The zero-order chi connectivity index (χ0) is 19.0. The Labute approximate surface area is 159 Å². The van der Waals surface area contributed by atoms with Gasteiger partial charge in [0.15, 0.2) is 0 Å². The van der Waals surface area contributed by atoms with Crippen LogP contribution in [0.1, 0.15) is 60.0 Å². The van der Waals surface area contributed by atoms with Gasteiger partial charge < -0.3 is 14.6 Å². The second-order valence-electron chi connectivity index (χ2n) is 7.73. The molecule has 1 saturated heterocycles. The van der Waals surface area contributed by atoms with E-state index in [0.29, 0.717) is 18.3 Å². The summed E-state index contributed by atoms with van der Waals surface area (Å²) >= 11 is 0. The van der Waals surface area contributed by atoms with Gasteiger partial charge in [-0.3, -0.25) is 9.69 Å². The molecule has 2 aromatic heterocycles. The molecule has 1 fully saturated rings. The standard InChI is InChI=1S/C20H27N5O2/c1-13(2)25-12-17-16(20(25)26)9-15(19(23-17)27-3)11-24-8-4-5-14(10-24)18-21-6-7-22-18/h6-7,9,13-14H,4-5,8,10-12H2,1-3H3,(H,21,22)/t14-/m0/s1. The average molecular weight is 369 g/mol. The number of H-pyrrole nitrogens is 1. The molecule has 27 heavy (non-hydrogen) atoms. The van der Waals surface area contributed by atoms with Gasteiger partial charge in [-0.25, -0.2) is 9.97 Å². The number of aromatic nitrogens is 3. The highest BCUT2D eigenvalue weighted by atomic mass is 16.5. The number of aromatic amines is 1. The molecule has 0 aromatic carbocycles. The molecular weight excluding hydrogens is 342 g/mol. The molecule has 0 saturated carbocycles. The third-order valence-electron chi connectivity index (χ3n) is 5.57. The van der Waals surface area contributed by atoms with Crippen molar-refractivity contribution in [3.63, 3.8) is 0 Å². The normalized spacial score (nSPS) is 20.4. The maximum Gasteiger partial charge on any atom is 0.256 e. The van der Waals surface area contributed by atoms with Crippen LogP contribution in [-0.4, -0.2) is 56.9 Å². The molecule has 7 nitrogen and oxygen atoms in total. The number of methoxy groups -OCH3 is 1. The Bertz CT molecular complexity index is 818. The van der Waals surface area contributed by atoms with E-state index in [1.54, 1.807) is 7.11 Å². The highest BCUT2D eigenvalue weighted by molar-refractivity contribution is 5.98. The van der Waals surface area contributed by atoms with Gasteiger partial charge in [0.25, 0.3) is 5.91 Å². The second-order valence-corrected chi connectivity index (χ2v) is 7.73. The van der Waals surface area contributed by atoms with Gasteiger partial charge in [-0.2, -0.15) is 0 Å². The van der Waals surface area contributed by atoms with E-state index >= 15 is 0 Å². The van der Waals surface area contributed by atoms with Crippen LogP contribution in [0.5, 0.6) is 5.88 Å². The van der Waals surface area contributed by atoms with E-state index in [2.05, 4.69) is 19.9 Å². The van der Waals surface area contributed by atoms with Crippen molar-refractivity contribution in [3.8, 4) is 5.88 Å². The molecule has 4 heterocycles. The summed E-state index contributed by atoms with van der Waals surface area (Å²) in [6.45, 7) is 7.33. The molecule has 0 aliphatic carbocycles. The van der Waals surface area contributed by atoms with Crippen LogP contribution >= 0.6 is 0 Å². The first-order valence-corrected chi connectivity index (χ1v) is 9.66. The number of pyridine rings is 1. The molecule has 0 bridgehead atoms. The van der Waals surface area contributed by atoms with Gasteiger partial charge in [-0.05, 0) is 39.3 Å². The number of hydrogen-bond donors (Lipinski definition) is 1. The van der Waals surface area contributed by atoms with Crippen LogP contribution in [0.2, 0.25) is 0 Å². The number of fused-ring (bicyclic) bond motifs is 1. The van der Waals surface area contributed by atoms with Crippen LogP contribution in [-0.2, 0) is 13.1 Å². The molecule has 144 valence electrons. The van der Waals surface area contributed by atoms with E-state index in [1.165, 1.54) is 0 Å². The molecule has 1 N–H and O–H groups in total. The van der Waals surface area contributed by atoms with E-state index < -0.39 is 0 Å². The van der Waals surface area contributed by atoms with Crippen LogP contribution in [0.3, 0.4) is 0 Å². The Morgan fingerprint density at radius 1 is 1.41 bits per heavy atom. The number of nitrogens with one attached hydrogen (secondary N) is 1. The molecule has 4 rings (SSSR count). The molecule has 7 heteroatoms. The van der Waals surface area contributed by atoms with Crippen molar-refractivity contribution in [1.82, 2.24) is 24.8 Å². The predicted molar refractivity (Wildman–Crippen MR) is 102 cm³/mol. The summed E-state index contributed by atoms with van der Waals surface area (Å²) in [7, 11) is 1.65. The van der Waals surface area contributed by atoms with Gasteiger partial charge in [0.05, 0.1) is 24.9 Å². The SMILES string of the molecule is COc1nc2c(cc1CN1CCC[C@H](c3ncc[nH]3)C1)C(=O)N(C(C)C)C2. The fourth-order valence-electron chi connectivity index (χ4n) is 4.14. The van der Waals surface area contributed by atoms with Crippen LogP contribution in [0.25, 0.3) is 0 Å². The van der Waals surface area contributed by atoms with Crippen molar-refractivity contribution in [1.29, 1.82) is 0 Å². The van der Waals surface area contributed by atoms with Gasteiger partial charge in [0.1, 0.15) is 5.82 Å². The molecule has 2 aliphatic rings. The Kier molecular flexibility index (Phi) is 4.86. The van der Waals surface area contributed by atoms with E-state index in [9.17, 15) is 4.79 Å². The fourth-order valence-corrected chi connectivity index (χ4v) is 4.14. The van der Waals surface area contributed by atoms with Crippen molar-refractivity contribution in [2.24, 2.45) is 0 Å². The minimum atomic E-state index is 0.0727. The zero-order valence-electron chi connectivity index (χ0n) is 16.2. The number of carbonyl (C=O) groups is 1. The summed E-state index contributed by atoms with van der Waals surface area (Å²) in [5.74, 6) is 2.18. The molecule has 0 unspecified atom stereocenters. The molecule has 2 aliphatic heterocycles. The number of piperidine rings is 1. The number of ether oxygens (including phenoxy) is 1. The number of hydrogen-bond acceptors (Lipinski definition) is 5. The lowest BCUT2D eigenvalue weighted by atomic mass is 9.97. The molecule has 0 spiro atoms. The minimum Gasteiger partial charge on any atom is -0.481 e. The Balaban J connectivity index is 1.55. The van der Waals surface area contributed by atoms with Crippen molar-refractivity contribution in [2.45, 2.75) is 51.7 Å². The first-order chi connectivity index (χ1) is 13.1. The molecule has 0 radical (unpaired) electrons. The van der Waals surface area contributed by atoms with Gasteiger partial charge >= 0.3 is 0 Å². The monoisotopic (exact) mass is 369 g/mol. The summed E-state index contributed by atoms with van der Waals surface area (Å²) in [6, 6.07) is 2.15. The third kappa shape index (κ3) is 3.43. The minimum absolute atomic E-state index is 0.0727. The van der Waals surface area contributed by atoms with E-state index in [4.69, 9.17) is 4.74 Å². The first kappa shape index (κ1) is 18.0. The summed E-state index contributed by atoms with van der Waals surface area (Å²) in [6.07, 6.45) is 5.97. The third-order valence-corrected chi connectivity index (χ3v) is 5.57. The Morgan fingerprint density at radius 3 is 2.96 bits per heavy atom. The highest BCUT2D eigenvalue weighted by Gasteiger charge is 2.32. The van der Waals surface area contributed by atoms with E-state index in [1.807, 2.05) is 37.2 Å². The molecule has 2 aromatic rings. The zero-order valence-corrected chi connectivity index (χ0v) is 16.2. The number of nitrogens with zero attached hydrogens (tertiary/aromatic N) is 4. The van der Waals surface area contributed by atoms with Gasteiger partial charge in [0, 0.05) is 43.0 Å². The Hall–Kier alpha value is -2.41. The van der Waals surface area contributed by atoms with Crippen molar-refractivity contribution in [2.75, 3.05) is 20.2 Å². The highest BCUT2D eigenvalue weighted by Crippen LogP contribution is 2.31. The van der Waals surface area contributed by atoms with E-state index in [-0.39, 0.29) is 11.9 Å². The number of likely N-dealkylation sites (tertiary alicyclic amines) is 1. The van der Waals surface area contributed by atoms with Crippen LogP contribution in [0, 0.1) is 0 Å². The number of imidazole rings is 1. The largest absolute Gasteiger partial charge is 0.481 e. The molecular formula is C20H27N5O2. The lowest BCUT2D eigenvalue weighted by Crippen LogP contribution is -2.34. The van der Waals surface area contributed by atoms with Crippen molar-refractivity contribution < 1.29 is 9.53 Å². The summed E-state index contributed by atoms with van der Waals surface area (Å²) in [5, 5.41) is 0. The molecule has 1 amide bonds. The van der Waals surface area contributed by atoms with Gasteiger partial charge in [-0.15, -0.1) is 0 Å². The number of carbonyl (C=O) groups excluding carboxylic acids is 1. The van der Waals surface area contributed by atoms with E-state index in [0.717, 1.165) is 55.1 Å². The van der Waals surface area contributed by atoms with Crippen LogP contribution in [0.4, 0.5) is 0 Å². The summed E-state index contributed by atoms with van der Waals surface area (Å²) < 4.78 is 5.56. The summed E-state index contributed by atoms with van der Waals surface area (Å²) in [4.78, 5) is 29.3. The van der Waals surface area contributed by atoms with Crippen LogP contribution < -0.4 is 4.74 Å². The topological polar surface area (TPSA) is 74.3 Å². The number of rotatable bonds is 5. The first-order valence-electron chi connectivity index (χ1n) is 9.66. The fraction of sp³-hybridized carbons (Fsp3) is 0.550. The smallest absolute Gasteiger partial charge is 0.256 e. The quantitative estimate of drug-likeness (QED) is 0.877. The maximum atomic E-state index is 12.7. The second kappa shape index (κ2) is 7.31. The predicted octanol–water partition coefficient (Wildman–Crippen LogP) is 2.56. The van der Waals surface area contributed by atoms with Crippen molar-refractivity contribution >= 4 is 5.91 Å². The number of amides is 1. The average Bonchev–Trinajstić information content (AvgIpc) is 3.30. The maximum absolute atomic E-state index is 12.7. The molecule has 1 atom stereocenters.